The van der Waals surface area contributed by atoms with Crippen LogP contribution in [0.25, 0.3) is 10.8 Å². The Labute approximate surface area is 177 Å². The number of nitrogens with one attached hydrogen (secondary N) is 1. The first-order chi connectivity index (χ1) is 14.4. The molecule has 0 atom stereocenters. The third-order valence-electron chi connectivity index (χ3n) is 5.47. The number of anilines is 1. The molecule has 1 heterocycles. The Bertz CT molecular complexity index is 1150. The fourth-order valence-electron chi connectivity index (χ4n) is 3.71. The number of fused-ring (bicyclic) bond motifs is 1. The number of rotatable bonds is 5. The van der Waals surface area contributed by atoms with Crippen LogP contribution in [0.4, 0.5) is 5.69 Å². The summed E-state index contributed by atoms with van der Waals surface area (Å²) < 4.78 is 27.1. The van der Waals surface area contributed by atoms with E-state index in [0.717, 1.165) is 29.4 Å². The van der Waals surface area contributed by atoms with Crippen LogP contribution in [0.1, 0.15) is 5.56 Å². The number of piperazine rings is 1. The maximum Gasteiger partial charge on any atom is 0.243 e. The van der Waals surface area contributed by atoms with E-state index >= 15 is 0 Å². The van der Waals surface area contributed by atoms with Gasteiger partial charge in [0.1, 0.15) is 0 Å². The Morgan fingerprint density at radius 2 is 1.57 bits per heavy atom. The van der Waals surface area contributed by atoms with Crippen molar-refractivity contribution in [2.75, 3.05) is 38.5 Å². The maximum absolute atomic E-state index is 12.8. The molecule has 0 aliphatic carbocycles. The summed E-state index contributed by atoms with van der Waals surface area (Å²) in [6, 6.07) is 20.3. The summed E-state index contributed by atoms with van der Waals surface area (Å²) in [5.74, 6) is -0.138. The number of likely N-dealkylation sites (N-methyl/N-ethyl adjacent to an activating group) is 1. The number of hydrogen-bond donors (Lipinski definition) is 1. The van der Waals surface area contributed by atoms with Gasteiger partial charge in [-0.25, -0.2) is 8.42 Å². The summed E-state index contributed by atoms with van der Waals surface area (Å²) in [6.07, 6.45) is 0.253. The second kappa shape index (κ2) is 8.55. The molecule has 1 N–H and O–H groups in total. The molecule has 6 nitrogen and oxygen atoms in total. The lowest BCUT2D eigenvalue weighted by Crippen LogP contribution is -2.46. The van der Waals surface area contributed by atoms with Crippen LogP contribution >= 0.6 is 0 Å². The van der Waals surface area contributed by atoms with Crippen molar-refractivity contribution in [1.29, 1.82) is 0 Å². The smallest absolute Gasteiger partial charge is 0.243 e. The Balaban J connectivity index is 1.44. The second-order valence-electron chi connectivity index (χ2n) is 7.59. The van der Waals surface area contributed by atoms with Gasteiger partial charge in [-0.2, -0.15) is 4.31 Å². The van der Waals surface area contributed by atoms with E-state index in [0.29, 0.717) is 18.8 Å². The van der Waals surface area contributed by atoms with Crippen LogP contribution in [-0.4, -0.2) is 56.8 Å². The van der Waals surface area contributed by atoms with Crippen LogP contribution in [0.5, 0.6) is 0 Å². The van der Waals surface area contributed by atoms with Crippen molar-refractivity contribution in [3.63, 3.8) is 0 Å². The third kappa shape index (κ3) is 4.38. The first-order valence-corrected chi connectivity index (χ1v) is 11.4. The summed E-state index contributed by atoms with van der Waals surface area (Å²) in [5, 5.41) is 5.02. The Kier molecular flexibility index (Phi) is 5.85. The first-order valence-electron chi connectivity index (χ1n) is 9.99. The number of carbonyl (C=O) groups is 1. The van der Waals surface area contributed by atoms with Crippen LogP contribution in [-0.2, 0) is 21.2 Å². The van der Waals surface area contributed by atoms with Crippen molar-refractivity contribution in [2.45, 2.75) is 11.3 Å². The van der Waals surface area contributed by atoms with Crippen molar-refractivity contribution in [3.8, 4) is 0 Å². The lowest BCUT2D eigenvalue weighted by Gasteiger charge is -2.31. The molecule has 1 saturated heterocycles. The highest BCUT2D eigenvalue weighted by molar-refractivity contribution is 7.89. The molecule has 1 fully saturated rings. The normalized spacial score (nSPS) is 15.9. The summed E-state index contributed by atoms with van der Waals surface area (Å²) in [6.45, 7) is 2.42. The molecule has 1 amide bonds. The molecule has 4 rings (SSSR count). The molecule has 1 aliphatic heterocycles. The monoisotopic (exact) mass is 423 g/mol. The van der Waals surface area contributed by atoms with Gasteiger partial charge in [0.05, 0.1) is 11.3 Å². The standard InChI is InChI=1S/C23H25N3O3S/c1-25-13-15-26(16-14-25)30(28,29)21-11-9-20(10-12-21)24-23(27)17-19-7-4-6-18-5-2-3-8-22(18)19/h2-12H,13-17H2,1H3,(H,24,27). The van der Waals surface area contributed by atoms with E-state index in [4.69, 9.17) is 0 Å². The molecule has 0 bridgehead atoms. The van der Waals surface area contributed by atoms with Crippen LogP contribution in [0.3, 0.4) is 0 Å². The van der Waals surface area contributed by atoms with Gasteiger partial charge in [0.2, 0.25) is 15.9 Å². The van der Waals surface area contributed by atoms with Crippen molar-refractivity contribution in [3.05, 3.63) is 72.3 Å². The topological polar surface area (TPSA) is 69.7 Å². The predicted molar refractivity (Wildman–Crippen MR) is 119 cm³/mol. The second-order valence-corrected chi connectivity index (χ2v) is 9.53. The molecule has 3 aromatic rings. The van der Waals surface area contributed by atoms with E-state index < -0.39 is 10.0 Å². The molecule has 7 heteroatoms. The molecule has 0 aromatic heterocycles. The van der Waals surface area contributed by atoms with Crippen molar-refractivity contribution >= 4 is 32.4 Å². The van der Waals surface area contributed by atoms with Crippen LogP contribution in [0.2, 0.25) is 0 Å². The third-order valence-corrected chi connectivity index (χ3v) is 7.38. The van der Waals surface area contributed by atoms with Crippen molar-refractivity contribution in [2.24, 2.45) is 0 Å². The minimum absolute atomic E-state index is 0.138. The summed E-state index contributed by atoms with van der Waals surface area (Å²) in [5.41, 5.74) is 1.54. The van der Waals surface area contributed by atoms with Crippen LogP contribution < -0.4 is 5.32 Å². The Morgan fingerprint density at radius 1 is 0.900 bits per heavy atom. The zero-order valence-electron chi connectivity index (χ0n) is 16.9. The van der Waals surface area contributed by atoms with Gasteiger partial charge in [-0.1, -0.05) is 42.5 Å². The largest absolute Gasteiger partial charge is 0.326 e. The van der Waals surface area contributed by atoms with Gasteiger partial charge in [-0.3, -0.25) is 4.79 Å². The lowest BCUT2D eigenvalue weighted by molar-refractivity contribution is -0.115. The molecular formula is C23H25N3O3S. The summed E-state index contributed by atoms with van der Waals surface area (Å²) >= 11 is 0. The van der Waals surface area contributed by atoms with E-state index in [1.54, 1.807) is 24.3 Å². The molecule has 0 spiro atoms. The molecule has 30 heavy (non-hydrogen) atoms. The van der Waals surface area contributed by atoms with Gasteiger partial charge >= 0.3 is 0 Å². The molecule has 3 aromatic carbocycles. The number of amides is 1. The van der Waals surface area contributed by atoms with Crippen LogP contribution in [0, 0.1) is 0 Å². The molecule has 0 radical (unpaired) electrons. The predicted octanol–water partition coefficient (Wildman–Crippen LogP) is 2.96. The summed E-state index contributed by atoms with van der Waals surface area (Å²) in [7, 11) is -1.52. The first kappa shape index (κ1) is 20.5. The van der Waals surface area contributed by atoms with Crippen molar-refractivity contribution < 1.29 is 13.2 Å². The number of hydrogen-bond acceptors (Lipinski definition) is 4. The summed E-state index contributed by atoms with van der Waals surface area (Å²) in [4.78, 5) is 14.9. The van der Waals surface area contributed by atoms with Gasteiger partial charge in [0.25, 0.3) is 0 Å². The Hall–Kier alpha value is -2.74. The minimum atomic E-state index is -3.51. The number of nitrogens with zero attached hydrogens (tertiary/aromatic N) is 2. The number of carbonyl (C=O) groups excluding carboxylic acids is 1. The SMILES string of the molecule is CN1CCN(S(=O)(=O)c2ccc(NC(=O)Cc3cccc4ccccc34)cc2)CC1. The quantitative estimate of drug-likeness (QED) is 0.685. The van der Waals surface area contributed by atoms with E-state index in [-0.39, 0.29) is 17.2 Å². The molecular weight excluding hydrogens is 398 g/mol. The number of sulfonamides is 1. The van der Waals surface area contributed by atoms with Gasteiger partial charge < -0.3 is 10.2 Å². The number of benzene rings is 3. The average molecular weight is 424 g/mol. The van der Waals surface area contributed by atoms with Crippen molar-refractivity contribution in [1.82, 2.24) is 9.21 Å². The zero-order valence-corrected chi connectivity index (χ0v) is 17.7. The fraction of sp³-hybridized carbons (Fsp3) is 0.261. The van der Waals surface area contributed by atoms with Gasteiger partial charge in [0.15, 0.2) is 0 Å². The highest BCUT2D eigenvalue weighted by atomic mass is 32.2. The van der Waals surface area contributed by atoms with E-state index in [1.807, 2.05) is 49.5 Å². The highest BCUT2D eigenvalue weighted by Gasteiger charge is 2.27. The average Bonchev–Trinajstić information content (AvgIpc) is 2.75. The highest BCUT2D eigenvalue weighted by Crippen LogP contribution is 2.21. The van der Waals surface area contributed by atoms with Gasteiger partial charge in [0, 0.05) is 31.9 Å². The van der Waals surface area contributed by atoms with E-state index in [2.05, 4.69) is 10.2 Å². The van der Waals surface area contributed by atoms with E-state index in [1.165, 1.54) is 4.31 Å². The van der Waals surface area contributed by atoms with Crippen LogP contribution in [0.15, 0.2) is 71.6 Å². The van der Waals surface area contributed by atoms with Gasteiger partial charge in [-0.05, 0) is 47.6 Å². The molecule has 1 aliphatic rings. The fourth-order valence-corrected chi connectivity index (χ4v) is 5.13. The molecule has 0 saturated carbocycles. The maximum atomic E-state index is 12.8. The van der Waals surface area contributed by atoms with E-state index in [9.17, 15) is 13.2 Å². The zero-order chi connectivity index (χ0) is 21.1. The lowest BCUT2D eigenvalue weighted by atomic mass is 10.0. The van der Waals surface area contributed by atoms with Gasteiger partial charge in [-0.15, -0.1) is 0 Å². The molecule has 0 unspecified atom stereocenters. The minimum Gasteiger partial charge on any atom is -0.326 e. The Morgan fingerprint density at radius 3 is 2.30 bits per heavy atom. The molecule has 156 valence electrons.